The van der Waals surface area contributed by atoms with E-state index in [2.05, 4.69) is 86.8 Å². The van der Waals surface area contributed by atoms with Crippen LogP contribution in [0.5, 0.6) is 0 Å². The molecular formula is C74H133NO10. The van der Waals surface area contributed by atoms with E-state index in [1.807, 2.05) is 6.08 Å². The number of allylic oxidation sites excluding steroid dienone is 11. The van der Waals surface area contributed by atoms with Crippen LogP contribution >= 0.6 is 0 Å². The van der Waals surface area contributed by atoms with E-state index < -0.39 is 67.4 Å². The fourth-order valence-electron chi connectivity index (χ4n) is 10.9. The van der Waals surface area contributed by atoms with Crippen molar-refractivity contribution >= 4 is 11.9 Å². The van der Waals surface area contributed by atoms with Gasteiger partial charge in [0.1, 0.15) is 24.4 Å². The molecule has 1 heterocycles. The van der Waals surface area contributed by atoms with Crippen LogP contribution in [0.3, 0.4) is 0 Å². The Hall–Kier alpha value is -2.90. The lowest BCUT2D eigenvalue weighted by Gasteiger charge is -2.41. The molecule has 494 valence electrons. The summed E-state index contributed by atoms with van der Waals surface area (Å²) in [4.78, 5) is 26.7. The molecule has 11 heteroatoms. The summed E-state index contributed by atoms with van der Waals surface area (Å²) in [5.41, 5.74) is 0. The van der Waals surface area contributed by atoms with Crippen LogP contribution < -0.4 is 5.32 Å². The van der Waals surface area contributed by atoms with Gasteiger partial charge in [-0.15, -0.1) is 0 Å². The fraction of sp³-hybridized carbons (Fsp3) is 0.811. The lowest BCUT2D eigenvalue weighted by molar-refractivity contribution is -0.305. The first-order valence-corrected chi connectivity index (χ1v) is 35.7. The van der Waals surface area contributed by atoms with Crippen LogP contribution in [0.25, 0.3) is 0 Å². The van der Waals surface area contributed by atoms with Crippen LogP contribution in [0, 0.1) is 0 Å². The molecule has 0 radical (unpaired) electrons. The van der Waals surface area contributed by atoms with E-state index in [4.69, 9.17) is 14.2 Å². The molecule has 1 saturated heterocycles. The Labute approximate surface area is 521 Å². The van der Waals surface area contributed by atoms with Crippen molar-refractivity contribution in [2.75, 3.05) is 13.2 Å². The predicted molar refractivity (Wildman–Crippen MR) is 356 cm³/mol. The minimum atomic E-state index is -1.62. The highest BCUT2D eigenvalue weighted by molar-refractivity contribution is 5.80. The number of ether oxygens (including phenoxy) is 3. The zero-order valence-electron chi connectivity index (χ0n) is 55.0. The average Bonchev–Trinajstić information content (AvgIpc) is 3.12. The third-order valence-electron chi connectivity index (χ3n) is 16.6. The number of aliphatic hydroxyl groups excluding tert-OH is 5. The van der Waals surface area contributed by atoms with Crippen molar-refractivity contribution in [1.82, 2.24) is 5.32 Å². The van der Waals surface area contributed by atoms with Gasteiger partial charge in [-0.1, -0.05) is 293 Å². The normalized spacial score (nSPS) is 18.8. The van der Waals surface area contributed by atoms with E-state index >= 15 is 0 Å². The number of rotatable bonds is 61. The number of hydrogen-bond donors (Lipinski definition) is 6. The van der Waals surface area contributed by atoms with Crippen LogP contribution in [0.4, 0.5) is 0 Å². The summed E-state index contributed by atoms with van der Waals surface area (Å²) in [6.07, 6.45) is 69.3. The molecule has 85 heavy (non-hydrogen) atoms. The molecule has 0 bridgehead atoms. The zero-order valence-corrected chi connectivity index (χ0v) is 55.0. The van der Waals surface area contributed by atoms with Gasteiger partial charge in [0.05, 0.1) is 25.4 Å². The molecule has 8 unspecified atom stereocenters. The van der Waals surface area contributed by atoms with E-state index in [9.17, 15) is 35.1 Å². The topological polar surface area (TPSA) is 175 Å². The molecule has 0 saturated carbocycles. The number of amides is 1. The number of carbonyl (C=O) groups excluding carboxylic acids is 2. The Kier molecular flexibility index (Phi) is 57.8. The van der Waals surface area contributed by atoms with Crippen molar-refractivity contribution in [1.29, 1.82) is 0 Å². The molecule has 0 spiro atoms. The molecule has 0 aromatic heterocycles. The fourth-order valence-corrected chi connectivity index (χ4v) is 10.9. The highest BCUT2D eigenvalue weighted by atomic mass is 16.7. The minimum Gasteiger partial charge on any atom is -0.454 e. The van der Waals surface area contributed by atoms with Crippen molar-refractivity contribution < 1.29 is 49.3 Å². The van der Waals surface area contributed by atoms with Gasteiger partial charge in [-0.3, -0.25) is 9.59 Å². The summed E-state index contributed by atoms with van der Waals surface area (Å²) in [6.45, 7) is 5.77. The minimum absolute atomic E-state index is 0.121. The van der Waals surface area contributed by atoms with Gasteiger partial charge in [0.25, 0.3) is 0 Å². The first kappa shape index (κ1) is 80.1. The Morgan fingerprint density at radius 2 is 0.812 bits per heavy atom. The SMILES string of the molecule is CCCCC/C=C\C/C=C\C/C=C\CCCCCCCCCC(O)C(=O)NC(COC1OC(CO)C(O)C(O)C1OC(=O)CCCCCCCCCCCCCCC/C=C\C/C=C\CCCCC)C(O)/C=C/CCCCCCCCCCCCC. The molecule has 6 N–H and O–H groups in total. The summed E-state index contributed by atoms with van der Waals surface area (Å²) in [7, 11) is 0. The maximum Gasteiger partial charge on any atom is 0.306 e. The summed E-state index contributed by atoms with van der Waals surface area (Å²) in [5, 5.41) is 57.3. The zero-order chi connectivity index (χ0) is 61.7. The standard InChI is InChI=1S/C74H133NO10/c1-4-7-10-13-16-19-22-25-27-29-31-33-34-35-37-39-41-44-47-50-53-56-59-62-69(79)85-72-71(81)70(80)68(63-76)84-74(72)83-64-65(66(77)60-57-54-51-48-45-42-24-21-18-15-12-9-6-3)75-73(82)67(78)61-58-55-52-49-46-43-40-38-36-32-30-28-26-23-20-17-14-11-8-5-2/h16-17,19-20,25-28,32,36,57,60,65-68,70-72,74,76-78,80-81H,4-15,18,21-24,29-31,33-35,37-56,58-59,61-64H2,1-3H3,(H,75,82)/b19-16-,20-17-,27-25-,28-26-,36-32-,60-57+. The van der Waals surface area contributed by atoms with Crippen molar-refractivity contribution in [3.05, 3.63) is 72.9 Å². The molecule has 1 aliphatic rings. The smallest absolute Gasteiger partial charge is 0.306 e. The second kappa shape index (κ2) is 61.3. The Balaban J connectivity index is 2.60. The van der Waals surface area contributed by atoms with Crippen LogP contribution in [0.15, 0.2) is 72.9 Å². The third kappa shape index (κ3) is 48.7. The van der Waals surface area contributed by atoms with Crippen molar-refractivity contribution in [3.63, 3.8) is 0 Å². The van der Waals surface area contributed by atoms with Gasteiger partial charge in [0.2, 0.25) is 5.91 Å². The first-order valence-electron chi connectivity index (χ1n) is 35.7. The van der Waals surface area contributed by atoms with Crippen LogP contribution in [0.1, 0.15) is 323 Å². The van der Waals surface area contributed by atoms with E-state index in [-0.39, 0.29) is 19.4 Å². The van der Waals surface area contributed by atoms with Gasteiger partial charge in [-0.05, 0) is 96.3 Å². The predicted octanol–water partition coefficient (Wildman–Crippen LogP) is 18.3. The summed E-state index contributed by atoms with van der Waals surface area (Å²) in [6, 6.07) is -1.03. The molecule has 8 atom stereocenters. The van der Waals surface area contributed by atoms with Gasteiger partial charge < -0.3 is 45.1 Å². The molecule has 1 rings (SSSR count). The summed E-state index contributed by atoms with van der Waals surface area (Å²) < 4.78 is 17.7. The second-order valence-corrected chi connectivity index (χ2v) is 24.6. The molecule has 0 aliphatic carbocycles. The highest BCUT2D eigenvalue weighted by Crippen LogP contribution is 2.26. The third-order valence-corrected chi connectivity index (χ3v) is 16.6. The van der Waals surface area contributed by atoms with Gasteiger partial charge in [0, 0.05) is 6.42 Å². The van der Waals surface area contributed by atoms with E-state index in [0.29, 0.717) is 12.8 Å². The van der Waals surface area contributed by atoms with Crippen molar-refractivity contribution in [2.24, 2.45) is 0 Å². The number of carbonyl (C=O) groups is 2. The maximum absolute atomic E-state index is 13.5. The van der Waals surface area contributed by atoms with Gasteiger partial charge in [-0.25, -0.2) is 0 Å². The lowest BCUT2D eigenvalue weighted by Crippen LogP contribution is -2.61. The van der Waals surface area contributed by atoms with E-state index in [0.717, 1.165) is 89.9 Å². The summed E-state index contributed by atoms with van der Waals surface area (Å²) >= 11 is 0. The largest absolute Gasteiger partial charge is 0.454 e. The number of aliphatic hydroxyl groups is 5. The highest BCUT2D eigenvalue weighted by Gasteiger charge is 2.47. The van der Waals surface area contributed by atoms with Crippen molar-refractivity contribution in [3.8, 4) is 0 Å². The molecule has 1 aliphatic heterocycles. The number of esters is 1. The quantitative estimate of drug-likeness (QED) is 0.0195. The van der Waals surface area contributed by atoms with Crippen LogP contribution in [-0.4, -0.2) is 99.6 Å². The lowest BCUT2D eigenvalue weighted by atomic mass is 9.99. The number of unbranched alkanes of at least 4 members (excludes halogenated alkanes) is 37. The van der Waals surface area contributed by atoms with E-state index in [1.165, 1.54) is 186 Å². The molecule has 11 nitrogen and oxygen atoms in total. The molecule has 1 fully saturated rings. The average molecular weight is 1200 g/mol. The second-order valence-electron chi connectivity index (χ2n) is 24.6. The van der Waals surface area contributed by atoms with Gasteiger partial charge >= 0.3 is 5.97 Å². The van der Waals surface area contributed by atoms with Gasteiger partial charge in [-0.2, -0.15) is 0 Å². The monoisotopic (exact) mass is 1200 g/mol. The Bertz CT molecular complexity index is 1660. The van der Waals surface area contributed by atoms with Crippen LogP contribution in [0.2, 0.25) is 0 Å². The molecule has 0 aromatic carbocycles. The van der Waals surface area contributed by atoms with Crippen molar-refractivity contribution in [2.45, 2.75) is 372 Å². The maximum atomic E-state index is 13.5. The first-order chi connectivity index (χ1) is 41.7. The molecule has 1 amide bonds. The number of hydrogen-bond acceptors (Lipinski definition) is 10. The van der Waals surface area contributed by atoms with Gasteiger partial charge in [0.15, 0.2) is 12.4 Å². The van der Waals surface area contributed by atoms with Crippen LogP contribution in [-0.2, 0) is 23.8 Å². The number of nitrogens with one attached hydrogen (secondary N) is 1. The Morgan fingerprint density at radius 3 is 1.24 bits per heavy atom. The summed E-state index contributed by atoms with van der Waals surface area (Å²) in [5.74, 6) is -1.20. The molecule has 0 aromatic rings. The molecular weight excluding hydrogens is 1060 g/mol. The Morgan fingerprint density at radius 1 is 0.459 bits per heavy atom. The van der Waals surface area contributed by atoms with E-state index in [1.54, 1.807) is 6.08 Å².